The molecule has 0 radical (unpaired) electrons. The van der Waals surface area contributed by atoms with Gasteiger partial charge in [0.2, 0.25) is 10.0 Å². The smallest absolute Gasteiger partial charge is 0.335 e. The average Bonchev–Trinajstić information content (AvgIpc) is 3.04. The quantitative estimate of drug-likeness (QED) is 0.901. The van der Waals surface area contributed by atoms with Gasteiger partial charge in [-0.15, -0.1) is 0 Å². The van der Waals surface area contributed by atoms with E-state index in [0.29, 0.717) is 23.9 Å². The number of hydrogen-bond acceptors (Lipinski definition) is 3. The number of carbonyl (C=O) groups is 1. The SMILES string of the molecule is Cc1ccc(C(=O)O)cc1S(=O)(=O)N(C)CC1CC1C. The summed E-state index contributed by atoms with van der Waals surface area (Å²) in [4.78, 5) is 11.1. The number of rotatable bonds is 5. The maximum Gasteiger partial charge on any atom is 0.335 e. The van der Waals surface area contributed by atoms with Crippen molar-refractivity contribution in [1.29, 1.82) is 0 Å². The summed E-state index contributed by atoms with van der Waals surface area (Å²) in [5.41, 5.74) is 0.549. The average molecular weight is 297 g/mol. The molecule has 2 atom stereocenters. The standard InChI is InChI=1S/C14H19NO4S/c1-9-4-5-11(14(16)17)7-13(9)20(18,19)15(3)8-12-6-10(12)2/h4-5,7,10,12H,6,8H2,1-3H3,(H,16,17). The molecule has 1 aromatic carbocycles. The summed E-state index contributed by atoms with van der Waals surface area (Å²) in [5, 5.41) is 8.99. The van der Waals surface area contributed by atoms with Gasteiger partial charge in [-0.25, -0.2) is 17.5 Å². The first-order valence-corrected chi connectivity index (χ1v) is 7.97. The summed E-state index contributed by atoms with van der Waals surface area (Å²) in [6, 6.07) is 4.18. The summed E-state index contributed by atoms with van der Waals surface area (Å²) in [6.07, 6.45) is 1.05. The summed E-state index contributed by atoms with van der Waals surface area (Å²) in [7, 11) is -2.09. The first-order chi connectivity index (χ1) is 9.23. The van der Waals surface area contributed by atoms with E-state index < -0.39 is 16.0 Å². The largest absolute Gasteiger partial charge is 0.478 e. The molecule has 0 heterocycles. The van der Waals surface area contributed by atoms with Crippen LogP contribution in [0.2, 0.25) is 0 Å². The predicted octanol–water partition coefficient (Wildman–Crippen LogP) is 1.97. The zero-order valence-corrected chi connectivity index (χ0v) is 12.6. The van der Waals surface area contributed by atoms with Crippen LogP contribution in [0.1, 0.15) is 29.3 Å². The second-order valence-corrected chi connectivity index (χ2v) is 7.56. The topological polar surface area (TPSA) is 74.7 Å². The number of aryl methyl sites for hydroxylation is 1. The maximum absolute atomic E-state index is 12.5. The Morgan fingerprint density at radius 3 is 2.55 bits per heavy atom. The Balaban J connectivity index is 2.32. The minimum absolute atomic E-state index is 0.0117. The van der Waals surface area contributed by atoms with Gasteiger partial charge < -0.3 is 5.11 Å². The second-order valence-electron chi connectivity index (χ2n) is 5.54. The van der Waals surface area contributed by atoms with Gasteiger partial charge in [-0.2, -0.15) is 0 Å². The number of hydrogen-bond donors (Lipinski definition) is 1. The van der Waals surface area contributed by atoms with E-state index in [1.807, 2.05) is 0 Å². The van der Waals surface area contributed by atoms with Crippen molar-refractivity contribution in [1.82, 2.24) is 4.31 Å². The van der Waals surface area contributed by atoms with Gasteiger partial charge in [0, 0.05) is 13.6 Å². The highest BCUT2D eigenvalue weighted by atomic mass is 32.2. The highest BCUT2D eigenvalue weighted by molar-refractivity contribution is 7.89. The van der Waals surface area contributed by atoms with Crippen LogP contribution < -0.4 is 0 Å². The summed E-state index contributed by atoms with van der Waals surface area (Å²) in [5.74, 6) is -0.142. The van der Waals surface area contributed by atoms with Gasteiger partial charge in [0.25, 0.3) is 0 Å². The van der Waals surface area contributed by atoms with Crippen molar-refractivity contribution in [2.45, 2.75) is 25.2 Å². The van der Waals surface area contributed by atoms with Crippen molar-refractivity contribution >= 4 is 16.0 Å². The van der Waals surface area contributed by atoms with Crippen molar-refractivity contribution in [3.63, 3.8) is 0 Å². The van der Waals surface area contributed by atoms with Crippen molar-refractivity contribution < 1.29 is 18.3 Å². The number of carboxylic acid groups (broad SMARTS) is 1. The van der Waals surface area contributed by atoms with Gasteiger partial charge >= 0.3 is 5.97 Å². The fourth-order valence-electron chi connectivity index (χ4n) is 2.26. The van der Waals surface area contributed by atoms with Crippen LogP contribution in [-0.4, -0.2) is 37.4 Å². The van der Waals surface area contributed by atoms with Crippen LogP contribution in [0.15, 0.2) is 23.1 Å². The highest BCUT2D eigenvalue weighted by Crippen LogP contribution is 2.38. The molecule has 1 fully saturated rings. The lowest BCUT2D eigenvalue weighted by Gasteiger charge is -2.18. The first kappa shape index (κ1) is 15.0. The van der Waals surface area contributed by atoms with Crippen LogP contribution in [0.4, 0.5) is 0 Å². The number of aromatic carboxylic acids is 1. The second kappa shape index (κ2) is 5.18. The lowest BCUT2D eigenvalue weighted by atomic mass is 10.1. The molecule has 20 heavy (non-hydrogen) atoms. The number of nitrogens with zero attached hydrogens (tertiary/aromatic N) is 1. The summed E-state index contributed by atoms with van der Waals surface area (Å²) in [6.45, 7) is 4.26. The van der Waals surface area contributed by atoms with Crippen molar-refractivity contribution in [3.8, 4) is 0 Å². The van der Waals surface area contributed by atoms with Gasteiger partial charge in [-0.1, -0.05) is 13.0 Å². The molecule has 2 unspecified atom stereocenters. The van der Waals surface area contributed by atoms with E-state index in [4.69, 9.17) is 5.11 Å². The molecule has 6 heteroatoms. The molecule has 0 aromatic heterocycles. The van der Waals surface area contributed by atoms with E-state index in [1.165, 1.54) is 22.5 Å². The lowest BCUT2D eigenvalue weighted by Crippen LogP contribution is -2.30. The fourth-order valence-corrected chi connectivity index (χ4v) is 3.74. The van der Waals surface area contributed by atoms with Gasteiger partial charge in [-0.3, -0.25) is 0 Å². The van der Waals surface area contributed by atoms with Crippen LogP contribution in [0, 0.1) is 18.8 Å². The first-order valence-electron chi connectivity index (χ1n) is 6.53. The normalized spacial score (nSPS) is 22.0. The van der Waals surface area contributed by atoms with Crippen molar-refractivity contribution in [2.24, 2.45) is 11.8 Å². The molecule has 0 bridgehead atoms. The Hall–Kier alpha value is -1.40. The van der Waals surface area contributed by atoms with E-state index in [0.717, 1.165) is 6.42 Å². The molecule has 110 valence electrons. The van der Waals surface area contributed by atoms with Crippen LogP contribution in [0.3, 0.4) is 0 Å². The molecule has 0 amide bonds. The van der Waals surface area contributed by atoms with Crippen molar-refractivity contribution in [3.05, 3.63) is 29.3 Å². The number of sulfonamides is 1. The Bertz CT molecular complexity index is 639. The molecule has 0 aliphatic heterocycles. The van der Waals surface area contributed by atoms with Gasteiger partial charge in [0.1, 0.15) is 0 Å². The van der Waals surface area contributed by atoms with Gasteiger partial charge in [-0.05, 0) is 42.9 Å². The molecule has 1 saturated carbocycles. The van der Waals surface area contributed by atoms with E-state index in [1.54, 1.807) is 14.0 Å². The zero-order valence-electron chi connectivity index (χ0n) is 11.8. The Labute approximate surface area is 119 Å². The Morgan fingerprint density at radius 1 is 1.45 bits per heavy atom. The van der Waals surface area contributed by atoms with Gasteiger partial charge in [0.15, 0.2) is 0 Å². The minimum atomic E-state index is -3.63. The van der Waals surface area contributed by atoms with Crippen molar-refractivity contribution in [2.75, 3.05) is 13.6 Å². The van der Waals surface area contributed by atoms with Crippen LogP contribution >= 0.6 is 0 Å². The Kier molecular flexibility index (Phi) is 3.88. The van der Waals surface area contributed by atoms with Crippen LogP contribution in [0.5, 0.6) is 0 Å². The molecule has 0 saturated heterocycles. The third kappa shape index (κ3) is 2.86. The maximum atomic E-state index is 12.5. The molecule has 1 N–H and O–H groups in total. The van der Waals surface area contributed by atoms with E-state index in [-0.39, 0.29) is 10.5 Å². The van der Waals surface area contributed by atoms with E-state index in [9.17, 15) is 13.2 Å². The minimum Gasteiger partial charge on any atom is -0.478 e. The van der Waals surface area contributed by atoms with Gasteiger partial charge in [0.05, 0.1) is 10.5 Å². The lowest BCUT2D eigenvalue weighted by molar-refractivity contribution is 0.0696. The summed E-state index contributed by atoms with van der Waals surface area (Å²) >= 11 is 0. The summed E-state index contributed by atoms with van der Waals surface area (Å²) < 4.78 is 26.4. The van der Waals surface area contributed by atoms with E-state index in [2.05, 4.69) is 6.92 Å². The van der Waals surface area contributed by atoms with Crippen LogP contribution in [0.25, 0.3) is 0 Å². The molecular weight excluding hydrogens is 278 g/mol. The zero-order chi connectivity index (χ0) is 15.1. The highest BCUT2D eigenvalue weighted by Gasteiger charge is 2.36. The van der Waals surface area contributed by atoms with Crippen LogP contribution in [-0.2, 0) is 10.0 Å². The third-order valence-electron chi connectivity index (χ3n) is 3.89. The third-order valence-corrected chi connectivity index (χ3v) is 5.86. The Morgan fingerprint density at radius 2 is 2.05 bits per heavy atom. The molecule has 1 aliphatic rings. The molecule has 5 nitrogen and oxygen atoms in total. The fraction of sp³-hybridized carbons (Fsp3) is 0.500. The molecule has 1 aromatic rings. The molecular formula is C14H19NO4S. The molecule has 2 rings (SSSR count). The predicted molar refractivity (Wildman–Crippen MR) is 75.2 cm³/mol. The molecule has 1 aliphatic carbocycles. The molecule has 0 spiro atoms. The monoisotopic (exact) mass is 297 g/mol. The van der Waals surface area contributed by atoms with E-state index >= 15 is 0 Å². The number of benzene rings is 1. The number of carboxylic acids is 1.